The van der Waals surface area contributed by atoms with Crippen molar-refractivity contribution in [2.75, 3.05) is 11.4 Å². The maximum Gasteiger partial charge on any atom is 0.241 e. The fourth-order valence-electron chi connectivity index (χ4n) is 3.22. The number of amides is 2. The molecule has 2 atom stereocenters. The third-order valence-electron chi connectivity index (χ3n) is 4.34. The first-order chi connectivity index (χ1) is 11.5. The van der Waals surface area contributed by atoms with E-state index in [1.54, 1.807) is 0 Å². The predicted octanol–water partition coefficient (Wildman–Crippen LogP) is 3.11. The lowest BCUT2D eigenvalue weighted by Gasteiger charge is -2.24. The van der Waals surface area contributed by atoms with Crippen molar-refractivity contribution in [3.63, 3.8) is 0 Å². The SMILES string of the molecule is Cc1ccc2c(c1)N(CC(N)=O)C(=O)C(Br)CC2c1ccccc1. The zero-order chi connectivity index (χ0) is 17.3. The van der Waals surface area contributed by atoms with Gasteiger partial charge in [0.05, 0.1) is 4.83 Å². The van der Waals surface area contributed by atoms with E-state index in [9.17, 15) is 9.59 Å². The summed E-state index contributed by atoms with van der Waals surface area (Å²) in [4.78, 5) is 25.4. The van der Waals surface area contributed by atoms with E-state index >= 15 is 0 Å². The van der Waals surface area contributed by atoms with Gasteiger partial charge >= 0.3 is 0 Å². The summed E-state index contributed by atoms with van der Waals surface area (Å²) in [5, 5.41) is 0. The van der Waals surface area contributed by atoms with Gasteiger partial charge in [-0.15, -0.1) is 0 Å². The number of aryl methyl sites for hydroxylation is 1. The van der Waals surface area contributed by atoms with E-state index in [2.05, 4.69) is 34.1 Å². The molecule has 3 rings (SSSR count). The number of carbonyl (C=O) groups is 2. The molecular formula is C19H19BrN2O2. The lowest BCUT2D eigenvalue weighted by atomic mass is 9.87. The van der Waals surface area contributed by atoms with Crippen molar-refractivity contribution in [2.45, 2.75) is 24.1 Å². The largest absolute Gasteiger partial charge is 0.368 e. The van der Waals surface area contributed by atoms with Crippen molar-refractivity contribution in [1.29, 1.82) is 0 Å². The van der Waals surface area contributed by atoms with Crippen LogP contribution in [-0.4, -0.2) is 23.2 Å². The summed E-state index contributed by atoms with van der Waals surface area (Å²) < 4.78 is 0. The van der Waals surface area contributed by atoms with Gasteiger partial charge in [-0.05, 0) is 36.1 Å². The second-order valence-corrected chi connectivity index (χ2v) is 7.22. The molecule has 1 heterocycles. The third-order valence-corrected chi connectivity index (χ3v) is 5.11. The number of hydrogen-bond donors (Lipinski definition) is 1. The second-order valence-electron chi connectivity index (χ2n) is 6.12. The Morgan fingerprint density at radius 1 is 1.25 bits per heavy atom. The smallest absolute Gasteiger partial charge is 0.241 e. The number of carbonyl (C=O) groups excluding carboxylic acids is 2. The van der Waals surface area contributed by atoms with Gasteiger partial charge in [0, 0.05) is 11.6 Å². The number of benzene rings is 2. The molecular weight excluding hydrogens is 368 g/mol. The highest BCUT2D eigenvalue weighted by molar-refractivity contribution is 9.10. The van der Waals surface area contributed by atoms with E-state index in [0.717, 1.165) is 22.4 Å². The average molecular weight is 387 g/mol. The number of primary amides is 1. The maximum absolute atomic E-state index is 12.8. The Balaban J connectivity index is 2.17. The van der Waals surface area contributed by atoms with E-state index in [4.69, 9.17) is 5.73 Å². The Hall–Kier alpha value is -2.14. The number of hydrogen-bond acceptors (Lipinski definition) is 2. The highest BCUT2D eigenvalue weighted by Gasteiger charge is 2.34. The highest BCUT2D eigenvalue weighted by Crippen LogP contribution is 2.41. The Labute approximate surface area is 149 Å². The van der Waals surface area contributed by atoms with Crippen molar-refractivity contribution in [2.24, 2.45) is 5.73 Å². The fourth-order valence-corrected chi connectivity index (χ4v) is 3.85. The van der Waals surface area contributed by atoms with Crippen molar-refractivity contribution in [3.8, 4) is 0 Å². The quantitative estimate of drug-likeness (QED) is 0.823. The maximum atomic E-state index is 12.8. The lowest BCUT2D eigenvalue weighted by molar-refractivity contribution is -0.122. The zero-order valence-corrected chi connectivity index (χ0v) is 15.0. The normalized spacial score (nSPS) is 20.4. The molecule has 0 spiro atoms. The summed E-state index contributed by atoms with van der Waals surface area (Å²) in [6.07, 6.45) is 0.633. The number of nitrogens with two attached hydrogens (primary N) is 1. The number of nitrogens with zero attached hydrogens (tertiary/aromatic N) is 1. The van der Waals surface area contributed by atoms with Crippen LogP contribution in [0.1, 0.15) is 29.0 Å². The van der Waals surface area contributed by atoms with Crippen LogP contribution in [0, 0.1) is 6.92 Å². The minimum atomic E-state index is -0.520. The molecule has 2 N–H and O–H groups in total. The van der Waals surface area contributed by atoms with E-state index in [-0.39, 0.29) is 23.2 Å². The number of fused-ring (bicyclic) bond motifs is 1. The average Bonchev–Trinajstić information content (AvgIpc) is 2.66. The molecule has 1 aliphatic heterocycles. The molecule has 0 bridgehead atoms. The molecule has 2 amide bonds. The molecule has 0 fully saturated rings. The Morgan fingerprint density at radius 3 is 2.62 bits per heavy atom. The molecule has 24 heavy (non-hydrogen) atoms. The molecule has 2 unspecified atom stereocenters. The summed E-state index contributed by atoms with van der Waals surface area (Å²) in [6.45, 7) is 1.86. The van der Waals surface area contributed by atoms with Crippen molar-refractivity contribution in [3.05, 3.63) is 65.2 Å². The molecule has 2 aromatic rings. The number of halogens is 1. The number of anilines is 1. The molecule has 0 radical (unpaired) electrons. The van der Waals surface area contributed by atoms with Crippen LogP contribution in [0.25, 0.3) is 0 Å². The van der Waals surface area contributed by atoms with Crippen LogP contribution >= 0.6 is 15.9 Å². The summed E-state index contributed by atoms with van der Waals surface area (Å²) in [6, 6.07) is 16.2. The molecule has 1 aliphatic rings. The summed E-state index contributed by atoms with van der Waals surface area (Å²) in [7, 11) is 0. The van der Waals surface area contributed by atoms with Gasteiger partial charge in [-0.2, -0.15) is 0 Å². The van der Waals surface area contributed by atoms with Crippen molar-refractivity contribution >= 4 is 33.4 Å². The molecule has 124 valence electrons. The van der Waals surface area contributed by atoms with Gasteiger partial charge in [0.25, 0.3) is 0 Å². The second kappa shape index (κ2) is 6.77. The first-order valence-corrected chi connectivity index (χ1v) is 8.78. The molecule has 4 nitrogen and oxygen atoms in total. The van der Waals surface area contributed by atoms with Gasteiger partial charge in [-0.3, -0.25) is 9.59 Å². The van der Waals surface area contributed by atoms with Gasteiger partial charge in [0.2, 0.25) is 11.8 Å². The van der Waals surface area contributed by atoms with E-state index in [1.165, 1.54) is 4.90 Å². The van der Waals surface area contributed by atoms with Gasteiger partial charge in [0.1, 0.15) is 6.54 Å². The molecule has 0 aliphatic carbocycles. The molecule has 0 saturated heterocycles. The highest BCUT2D eigenvalue weighted by atomic mass is 79.9. The zero-order valence-electron chi connectivity index (χ0n) is 13.4. The van der Waals surface area contributed by atoms with Crippen LogP contribution in [0.3, 0.4) is 0 Å². The van der Waals surface area contributed by atoms with Crippen LogP contribution in [0.15, 0.2) is 48.5 Å². The van der Waals surface area contributed by atoms with Crippen LogP contribution < -0.4 is 10.6 Å². The Bertz CT molecular complexity index is 776. The van der Waals surface area contributed by atoms with Crippen molar-refractivity contribution < 1.29 is 9.59 Å². The molecule has 0 aromatic heterocycles. The monoisotopic (exact) mass is 386 g/mol. The van der Waals surface area contributed by atoms with E-state index in [1.807, 2.05) is 37.3 Å². The first-order valence-electron chi connectivity index (χ1n) is 7.86. The van der Waals surface area contributed by atoms with Crippen LogP contribution in [0.4, 0.5) is 5.69 Å². The Kier molecular flexibility index (Phi) is 4.71. The number of alkyl halides is 1. The first kappa shape index (κ1) is 16.7. The molecule has 5 heteroatoms. The third kappa shape index (κ3) is 3.22. The minimum absolute atomic E-state index is 0.0769. The topological polar surface area (TPSA) is 63.4 Å². The van der Waals surface area contributed by atoms with Gasteiger partial charge in [0.15, 0.2) is 0 Å². The van der Waals surface area contributed by atoms with Gasteiger partial charge in [-0.1, -0.05) is 58.4 Å². The standard InChI is InChI=1S/C19H19BrN2O2/c1-12-7-8-14-15(13-5-3-2-4-6-13)10-16(20)19(24)22(11-18(21)23)17(14)9-12/h2-9,15-16H,10-11H2,1H3,(H2,21,23). The minimum Gasteiger partial charge on any atom is -0.368 e. The lowest BCUT2D eigenvalue weighted by Crippen LogP contribution is -2.41. The molecule has 2 aromatic carbocycles. The van der Waals surface area contributed by atoms with Crippen molar-refractivity contribution in [1.82, 2.24) is 0 Å². The predicted molar refractivity (Wildman–Crippen MR) is 98.3 cm³/mol. The fraction of sp³-hybridized carbons (Fsp3) is 0.263. The van der Waals surface area contributed by atoms with E-state index < -0.39 is 5.91 Å². The Morgan fingerprint density at radius 2 is 1.96 bits per heavy atom. The summed E-state index contributed by atoms with van der Waals surface area (Å²) in [5.74, 6) is -0.569. The van der Waals surface area contributed by atoms with Crippen LogP contribution in [0.5, 0.6) is 0 Å². The van der Waals surface area contributed by atoms with Gasteiger partial charge < -0.3 is 10.6 Å². The van der Waals surface area contributed by atoms with E-state index in [0.29, 0.717) is 6.42 Å². The molecule has 0 saturated carbocycles. The summed E-state index contributed by atoms with van der Waals surface area (Å²) >= 11 is 3.51. The van der Waals surface area contributed by atoms with Gasteiger partial charge in [-0.25, -0.2) is 0 Å². The number of rotatable bonds is 3. The summed E-state index contributed by atoms with van der Waals surface area (Å²) in [5.41, 5.74) is 9.38. The van der Waals surface area contributed by atoms with Crippen LogP contribution in [0.2, 0.25) is 0 Å². The van der Waals surface area contributed by atoms with Crippen LogP contribution in [-0.2, 0) is 9.59 Å².